The molecule has 1 heterocycles. The van der Waals surface area contributed by atoms with Gasteiger partial charge in [-0.3, -0.25) is 9.69 Å². The number of amides is 1. The maximum Gasteiger partial charge on any atom is 0.224 e. The molecule has 6 heteroatoms. The van der Waals surface area contributed by atoms with Crippen molar-refractivity contribution in [3.63, 3.8) is 0 Å². The summed E-state index contributed by atoms with van der Waals surface area (Å²) in [5, 5.41) is 3.22. The van der Waals surface area contributed by atoms with Crippen LogP contribution in [-0.2, 0) is 24.2 Å². The second kappa shape index (κ2) is 10.7. The van der Waals surface area contributed by atoms with Crippen molar-refractivity contribution in [2.24, 2.45) is 0 Å². The molecule has 0 fully saturated rings. The van der Waals surface area contributed by atoms with Gasteiger partial charge in [0.15, 0.2) is 11.5 Å². The molecular formula is C28H31FN2O3. The molecule has 34 heavy (non-hydrogen) atoms. The predicted octanol–water partition coefficient (Wildman–Crippen LogP) is 4.69. The van der Waals surface area contributed by atoms with Gasteiger partial charge in [0, 0.05) is 19.1 Å². The fourth-order valence-electron chi connectivity index (χ4n) is 4.78. The zero-order valence-corrected chi connectivity index (χ0v) is 19.9. The third-order valence-corrected chi connectivity index (χ3v) is 6.39. The van der Waals surface area contributed by atoms with Crippen LogP contribution in [0.1, 0.15) is 35.2 Å². The number of ether oxygens (including phenoxy) is 2. The Morgan fingerprint density at radius 1 is 1.03 bits per heavy atom. The number of nitrogens with zero attached hydrogens (tertiary/aromatic N) is 1. The molecule has 2 atom stereocenters. The molecular weight excluding hydrogens is 431 g/mol. The van der Waals surface area contributed by atoms with E-state index in [9.17, 15) is 9.18 Å². The van der Waals surface area contributed by atoms with E-state index in [1.165, 1.54) is 17.7 Å². The fourth-order valence-corrected chi connectivity index (χ4v) is 4.78. The largest absolute Gasteiger partial charge is 0.493 e. The zero-order valence-electron chi connectivity index (χ0n) is 19.9. The van der Waals surface area contributed by atoms with Gasteiger partial charge in [-0.25, -0.2) is 4.39 Å². The lowest BCUT2D eigenvalue weighted by Gasteiger charge is -2.41. The van der Waals surface area contributed by atoms with Gasteiger partial charge >= 0.3 is 0 Å². The minimum absolute atomic E-state index is 0.0203. The summed E-state index contributed by atoms with van der Waals surface area (Å²) >= 11 is 0. The second-order valence-corrected chi connectivity index (χ2v) is 8.72. The van der Waals surface area contributed by atoms with Crippen molar-refractivity contribution < 1.29 is 18.7 Å². The Morgan fingerprint density at radius 3 is 2.38 bits per heavy atom. The van der Waals surface area contributed by atoms with Gasteiger partial charge in [-0.2, -0.15) is 0 Å². The Morgan fingerprint density at radius 2 is 1.71 bits per heavy atom. The average Bonchev–Trinajstić information content (AvgIpc) is 2.84. The van der Waals surface area contributed by atoms with Crippen molar-refractivity contribution in [1.82, 2.24) is 10.2 Å². The molecule has 3 aromatic rings. The standard InChI is InChI=1S/C28H31FN2O3/c1-19(30-27(32)15-20-7-5-4-6-8-20)28-24-17-26(34-3)25(33-2)16-22(24)13-14-31(28)18-21-9-11-23(29)12-10-21/h4-12,16-17,19,28H,13-15,18H2,1-3H3,(H,30,32)/t19-,28-/m1/s1. The summed E-state index contributed by atoms with van der Waals surface area (Å²) in [5.41, 5.74) is 4.30. The summed E-state index contributed by atoms with van der Waals surface area (Å²) in [6.07, 6.45) is 1.17. The van der Waals surface area contributed by atoms with Crippen LogP contribution in [-0.4, -0.2) is 37.6 Å². The number of carbonyl (C=O) groups is 1. The normalized spacial score (nSPS) is 16.4. The van der Waals surface area contributed by atoms with Crippen molar-refractivity contribution in [2.45, 2.75) is 38.4 Å². The molecule has 0 spiro atoms. The van der Waals surface area contributed by atoms with E-state index in [1.807, 2.05) is 61.5 Å². The highest BCUT2D eigenvalue weighted by molar-refractivity contribution is 5.79. The van der Waals surface area contributed by atoms with Crippen LogP contribution in [0.5, 0.6) is 11.5 Å². The third kappa shape index (κ3) is 5.39. The first-order valence-corrected chi connectivity index (χ1v) is 11.5. The summed E-state index contributed by atoms with van der Waals surface area (Å²) in [5.74, 6) is 1.10. The lowest BCUT2D eigenvalue weighted by atomic mass is 9.87. The Labute approximate surface area is 200 Å². The molecule has 0 unspecified atom stereocenters. The topological polar surface area (TPSA) is 50.8 Å². The molecule has 1 N–H and O–H groups in total. The summed E-state index contributed by atoms with van der Waals surface area (Å²) in [6, 6.07) is 20.2. The van der Waals surface area contributed by atoms with Crippen molar-refractivity contribution in [3.8, 4) is 11.5 Å². The van der Waals surface area contributed by atoms with E-state index in [4.69, 9.17) is 9.47 Å². The van der Waals surface area contributed by atoms with Crippen LogP contribution in [0.25, 0.3) is 0 Å². The van der Waals surface area contributed by atoms with Crippen LogP contribution in [0.3, 0.4) is 0 Å². The Kier molecular flexibility index (Phi) is 7.48. The second-order valence-electron chi connectivity index (χ2n) is 8.72. The minimum atomic E-state index is -0.248. The van der Waals surface area contributed by atoms with E-state index in [-0.39, 0.29) is 23.8 Å². The van der Waals surface area contributed by atoms with E-state index in [0.717, 1.165) is 29.7 Å². The fraction of sp³-hybridized carbons (Fsp3) is 0.321. The highest BCUT2D eigenvalue weighted by Gasteiger charge is 2.33. The molecule has 1 aliphatic heterocycles. The smallest absolute Gasteiger partial charge is 0.224 e. The Hall–Kier alpha value is -3.38. The predicted molar refractivity (Wildman–Crippen MR) is 131 cm³/mol. The molecule has 178 valence electrons. The summed E-state index contributed by atoms with van der Waals surface area (Å²) in [6.45, 7) is 3.50. The van der Waals surface area contributed by atoms with Gasteiger partial charge in [0.1, 0.15) is 5.82 Å². The van der Waals surface area contributed by atoms with Crippen LogP contribution < -0.4 is 14.8 Å². The number of methoxy groups -OCH3 is 2. The maximum atomic E-state index is 13.5. The van der Waals surface area contributed by atoms with Crippen molar-refractivity contribution in [1.29, 1.82) is 0 Å². The van der Waals surface area contributed by atoms with Gasteiger partial charge < -0.3 is 14.8 Å². The highest BCUT2D eigenvalue weighted by atomic mass is 19.1. The van der Waals surface area contributed by atoms with Gasteiger partial charge in [0.25, 0.3) is 0 Å². The van der Waals surface area contributed by atoms with Gasteiger partial charge in [0.2, 0.25) is 5.91 Å². The van der Waals surface area contributed by atoms with Crippen molar-refractivity contribution in [2.75, 3.05) is 20.8 Å². The number of rotatable bonds is 8. The summed E-state index contributed by atoms with van der Waals surface area (Å²) in [4.78, 5) is 15.2. The molecule has 0 radical (unpaired) electrons. The molecule has 0 bridgehead atoms. The van der Waals surface area contributed by atoms with E-state index < -0.39 is 0 Å². The molecule has 0 aliphatic carbocycles. The quantitative estimate of drug-likeness (QED) is 0.528. The number of benzene rings is 3. The van der Waals surface area contributed by atoms with E-state index in [0.29, 0.717) is 24.5 Å². The number of hydrogen-bond donors (Lipinski definition) is 1. The first-order valence-electron chi connectivity index (χ1n) is 11.5. The molecule has 0 saturated heterocycles. The van der Waals surface area contributed by atoms with E-state index in [2.05, 4.69) is 10.2 Å². The Bertz CT molecular complexity index is 1120. The van der Waals surface area contributed by atoms with Gasteiger partial charge in [-0.1, -0.05) is 42.5 Å². The molecule has 0 saturated carbocycles. The minimum Gasteiger partial charge on any atom is -0.493 e. The molecule has 1 amide bonds. The maximum absolute atomic E-state index is 13.5. The number of hydrogen-bond acceptors (Lipinski definition) is 4. The van der Waals surface area contributed by atoms with Gasteiger partial charge in [0.05, 0.1) is 26.7 Å². The van der Waals surface area contributed by atoms with Crippen LogP contribution in [0.2, 0.25) is 0 Å². The molecule has 3 aromatic carbocycles. The van der Waals surface area contributed by atoms with Gasteiger partial charge in [-0.15, -0.1) is 0 Å². The van der Waals surface area contributed by atoms with Crippen molar-refractivity contribution >= 4 is 5.91 Å². The first-order chi connectivity index (χ1) is 16.5. The van der Waals surface area contributed by atoms with Crippen LogP contribution in [0.4, 0.5) is 4.39 Å². The number of halogens is 1. The lowest BCUT2D eigenvalue weighted by molar-refractivity contribution is -0.121. The SMILES string of the molecule is COc1cc2c(cc1OC)[C@@H]([C@@H](C)NC(=O)Cc1ccccc1)N(Cc1ccc(F)cc1)CC2. The molecule has 0 aromatic heterocycles. The lowest BCUT2D eigenvalue weighted by Crippen LogP contribution is -2.47. The van der Waals surface area contributed by atoms with Crippen molar-refractivity contribution in [3.05, 3.63) is 94.8 Å². The zero-order chi connectivity index (χ0) is 24.1. The van der Waals surface area contributed by atoms with E-state index >= 15 is 0 Å². The monoisotopic (exact) mass is 462 g/mol. The van der Waals surface area contributed by atoms with Crippen LogP contribution >= 0.6 is 0 Å². The number of carbonyl (C=O) groups excluding carboxylic acids is 1. The number of nitrogens with one attached hydrogen (secondary N) is 1. The van der Waals surface area contributed by atoms with E-state index in [1.54, 1.807) is 14.2 Å². The molecule has 4 rings (SSSR count). The highest BCUT2D eigenvalue weighted by Crippen LogP contribution is 2.40. The number of fused-ring (bicyclic) bond motifs is 1. The third-order valence-electron chi connectivity index (χ3n) is 6.39. The molecule has 5 nitrogen and oxygen atoms in total. The summed E-state index contributed by atoms with van der Waals surface area (Å²) < 4.78 is 24.6. The first kappa shape index (κ1) is 23.8. The van der Waals surface area contributed by atoms with Crippen LogP contribution in [0, 0.1) is 5.82 Å². The molecule has 1 aliphatic rings. The van der Waals surface area contributed by atoms with Crippen LogP contribution in [0.15, 0.2) is 66.7 Å². The van der Waals surface area contributed by atoms with Gasteiger partial charge in [-0.05, 0) is 59.9 Å². The Balaban J connectivity index is 1.63. The summed E-state index contributed by atoms with van der Waals surface area (Å²) in [7, 11) is 3.27. The average molecular weight is 463 g/mol.